The van der Waals surface area contributed by atoms with Gasteiger partial charge in [-0.3, -0.25) is 9.78 Å². The summed E-state index contributed by atoms with van der Waals surface area (Å²) < 4.78 is 5.75. The Morgan fingerprint density at radius 1 is 1.00 bits per heavy atom. The number of hydrogen-bond acceptors (Lipinski definition) is 6. The zero-order valence-electron chi connectivity index (χ0n) is 19.3. The molecule has 3 heterocycles. The molecule has 0 bridgehead atoms. The van der Waals surface area contributed by atoms with Gasteiger partial charge in [-0.05, 0) is 55.8 Å². The highest BCUT2D eigenvalue weighted by Gasteiger charge is 2.26. The van der Waals surface area contributed by atoms with Crippen LogP contribution < -0.4 is 5.32 Å². The van der Waals surface area contributed by atoms with Gasteiger partial charge in [-0.1, -0.05) is 24.3 Å². The molecule has 1 fully saturated rings. The van der Waals surface area contributed by atoms with Crippen LogP contribution in [0.2, 0.25) is 0 Å². The van der Waals surface area contributed by atoms with Crippen molar-refractivity contribution in [2.75, 3.05) is 18.4 Å². The Morgan fingerprint density at radius 3 is 2.50 bits per heavy atom. The van der Waals surface area contributed by atoms with Crippen molar-refractivity contribution in [3.05, 3.63) is 84.2 Å². The lowest BCUT2D eigenvalue weighted by Gasteiger charge is -2.35. The Morgan fingerprint density at radius 2 is 1.76 bits per heavy atom. The van der Waals surface area contributed by atoms with Crippen molar-refractivity contribution in [1.82, 2.24) is 19.9 Å². The van der Waals surface area contributed by atoms with E-state index in [4.69, 9.17) is 14.7 Å². The van der Waals surface area contributed by atoms with Gasteiger partial charge >= 0.3 is 0 Å². The quantitative estimate of drug-likeness (QED) is 0.477. The van der Waals surface area contributed by atoms with Crippen molar-refractivity contribution < 1.29 is 9.53 Å². The van der Waals surface area contributed by atoms with Gasteiger partial charge in [0.25, 0.3) is 5.91 Å². The number of rotatable bonds is 5. The topological polar surface area (TPSA) is 80.2 Å². The molecule has 172 valence electrons. The van der Waals surface area contributed by atoms with E-state index in [9.17, 15) is 4.79 Å². The average molecular weight is 454 g/mol. The maximum atomic E-state index is 12.9. The Hall–Kier alpha value is -3.84. The molecule has 1 amide bonds. The number of pyridine rings is 1. The minimum absolute atomic E-state index is 0.0458. The third-order valence-electron chi connectivity index (χ3n) is 5.89. The molecule has 0 spiro atoms. The number of para-hydroxylation sites is 1. The van der Waals surface area contributed by atoms with Crippen molar-refractivity contribution in [3.8, 4) is 11.4 Å². The van der Waals surface area contributed by atoms with Crippen LogP contribution in [0.25, 0.3) is 22.3 Å². The van der Waals surface area contributed by atoms with Crippen LogP contribution in [0.4, 0.5) is 5.82 Å². The Balaban J connectivity index is 1.33. The van der Waals surface area contributed by atoms with Crippen LogP contribution in [0.15, 0.2) is 73.1 Å². The molecule has 1 N–H and O–H groups in total. The second-order valence-corrected chi connectivity index (χ2v) is 8.67. The first kappa shape index (κ1) is 22.0. The van der Waals surface area contributed by atoms with Crippen LogP contribution in [0.1, 0.15) is 29.8 Å². The van der Waals surface area contributed by atoms with Gasteiger partial charge in [-0.2, -0.15) is 0 Å². The first-order chi connectivity index (χ1) is 16.6. The second-order valence-electron chi connectivity index (χ2n) is 8.67. The number of morpholine rings is 1. The first-order valence-corrected chi connectivity index (χ1v) is 11.5. The number of ether oxygens (including phenoxy) is 1. The third-order valence-corrected chi connectivity index (χ3v) is 5.89. The molecule has 2 unspecified atom stereocenters. The van der Waals surface area contributed by atoms with Gasteiger partial charge in [0.2, 0.25) is 0 Å². The van der Waals surface area contributed by atoms with Crippen molar-refractivity contribution in [2.24, 2.45) is 0 Å². The molecule has 0 aliphatic carbocycles. The van der Waals surface area contributed by atoms with E-state index in [2.05, 4.69) is 10.3 Å². The number of amides is 1. The maximum absolute atomic E-state index is 12.9. The van der Waals surface area contributed by atoms with Crippen molar-refractivity contribution >= 4 is 22.6 Å². The molecule has 2 aromatic heterocycles. The minimum Gasteiger partial charge on any atom is -0.372 e. The van der Waals surface area contributed by atoms with Crippen LogP contribution in [0, 0.1) is 0 Å². The predicted molar refractivity (Wildman–Crippen MR) is 132 cm³/mol. The standard InChI is InChI=1S/C27H27N5O2/c1-18-16-32(17-19(2)34-18)27(33)21-11-9-20(10-12-21)14-29-26-23-7-3-4-8-24(23)30-25(31-26)22-6-5-13-28-15-22/h3-13,15,18-19H,14,16-17H2,1-2H3,(H,29,30,31). The second kappa shape index (κ2) is 9.57. The molecule has 0 saturated carbocycles. The summed E-state index contributed by atoms with van der Waals surface area (Å²) in [5.41, 5.74) is 3.49. The van der Waals surface area contributed by atoms with Gasteiger partial charge in [0.1, 0.15) is 5.82 Å². The number of aromatic nitrogens is 3. The molecule has 0 radical (unpaired) electrons. The molecular weight excluding hydrogens is 426 g/mol. The van der Waals surface area contributed by atoms with Gasteiger partial charge in [-0.25, -0.2) is 9.97 Å². The summed E-state index contributed by atoms with van der Waals surface area (Å²) in [6.45, 7) is 5.81. The molecular formula is C27H27N5O2. The van der Waals surface area contributed by atoms with E-state index < -0.39 is 0 Å². The Kier molecular flexibility index (Phi) is 6.18. The summed E-state index contributed by atoms with van der Waals surface area (Å²) in [5, 5.41) is 4.41. The Labute approximate surface area is 198 Å². The summed E-state index contributed by atoms with van der Waals surface area (Å²) in [6.07, 6.45) is 3.60. The van der Waals surface area contributed by atoms with Crippen LogP contribution in [-0.4, -0.2) is 51.1 Å². The lowest BCUT2D eigenvalue weighted by atomic mass is 10.1. The zero-order valence-corrected chi connectivity index (χ0v) is 19.3. The smallest absolute Gasteiger partial charge is 0.254 e. The van der Waals surface area contributed by atoms with Crippen molar-refractivity contribution in [3.63, 3.8) is 0 Å². The van der Waals surface area contributed by atoms with Gasteiger partial charge in [0.05, 0.1) is 17.7 Å². The molecule has 7 heteroatoms. The number of hydrogen-bond donors (Lipinski definition) is 1. The van der Waals surface area contributed by atoms with E-state index in [1.807, 2.05) is 79.4 Å². The molecule has 7 nitrogen and oxygen atoms in total. The summed E-state index contributed by atoms with van der Waals surface area (Å²) in [7, 11) is 0. The Bertz CT molecular complexity index is 1280. The van der Waals surface area contributed by atoms with Crippen LogP contribution >= 0.6 is 0 Å². The largest absolute Gasteiger partial charge is 0.372 e. The molecule has 1 saturated heterocycles. The van der Waals surface area contributed by atoms with Crippen molar-refractivity contribution in [2.45, 2.75) is 32.6 Å². The number of nitrogens with zero attached hydrogens (tertiary/aromatic N) is 4. The fourth-order valence-corrected chi connectivity index (χ4v) is 4.31. The highest BCUT2D eigenvalue weighted by Crippen LogP contribution is 2.25. The highest BCUT2D eigenvalue weighted by atomic mass is 16.5. The first-order valence-electron chi connectivity index (χ1n) is 11.5. The van der Waals surface area contributed by atoms with E-state index in [0.717, 1.165) is 27.8 Å². The molecule has 1 aliphatic heterocycles. The van der Waals surface area contributed by atoms with Gasteiger partial charge < -0.3 is 15.0 Å². The number of carbonyl (C=O) groups is 1. The van der Waals surface area contributed by atoms with Gasteiger partial charge in [0, 0.05) is 48.5 Å². The lowest BCUT2D eigenvalue weighted by molar-refractivity contribution is -0.0586. The highest BCUT2D eigenvalue weighted by molar-refractivity contribution is 5.94. The summed E-state index contributed by atoms with van der Waals surface area (Å²) in [5.74, 6) is 1.44. The van der Waals surface area contributed by atoms with E-state index in [1.54, 1.807) is 12.4 Å². The van der Waals surface area contributed by atoms with Crippen molar-refractivity contribution in [1.29, 1.82) is 0 Å². The zero-order chi connectivity index (χ0) is 23.5. The lowest BCUT2D eigenvalue weighted by Crippen LogP contribution is -2.48. The summed E-state index contributed by atoms with van der Waals surface area (Å²) in [6, 6.07) is 19.5. The number of fused-ring (bicyclic) bond motifs is 1. The van der Waals surface area contributed by atoms with E-state index >= 15 is 0 Å². The normalized spacial score (nSPS) is 18.1. The number of benzene rings is 2. The van der Waals surface area contributed by atoms with Crippen LogP contribution in [-0.2, 0) is 11.3 Å². The number of nitrogens with one attached hydrogen (secondary N) is 1. The fraction of sp³-hybridized carbons (Fsp3) is 0.259. The minimum atomic E-state index is 0.0458. The van der Waals surface area contributed by atoms with E-state index in [-0.39, 0.29) is 18.1 Å². The molecule has 34 heavy (non-hydrogen) atoms. The molecule has 2 aromatic carbocycles. The number of anilines is 1. The fourth-order valence-electron chi connectivity index (χ4n) is 4.31. The van der Waals surface area contributed by atoms with Gasteiger partial charge in [0.15, 0.2) is 5.82 Å². The molecule has 5 rings (SSSR count). The summed E-state index contributed by atoms with van der Waals surface area (Å²) >= 11 is 0. The van der Waals surface area contributed by atoms with Crippen LogP contribution in [0.3, 0.4) is 0 Å². The van der Waals surface area contributed by atoms with Gasteiger partial charge in [-0.15, -0.1) is 0 Å². The molecule has 1 aliphatic rings. The SMILES string of the molecule is CC1CN(C(=O)c2ccc(CNc3nc(-c4cccnc4)nc4ccccc34)cc2)CC(C)O1. The number of carbonyl (C=O) groups excluding carboxylic acids is 1. The van der Waals surface area contributed by atoms with Crippen LogP contribution in [0.5, 0.6) is 0 Å². The maximum Gasteiger partial charge on any atom is 0.254 e. The monoisotopic (exact) mass is 453 g/mol. The predicted octanol–water partition coefficient (Wildman–Crippen LogP) is 4.55. The molecule has 2 atom stereocenters. The van der Waals surface area contributed by atoms with E-state index in [0.29, 0.717) is 31.0 Å². The summed E-state index contributed by atoms with van der Waals surface area (Å²) in [4.78, 5) is 28.5. The van der Waals surface area contributed by atoms with E-state index in [1.165, 1.54) is 0 Å². The third kappa shape index (κ3) is 4.75. The average Bonchev–Trinajstić information content (AvgIpc) is 2.87. The molecule has 4 aromatic rings.